The molecule has 1 fully saturated rings. The Morgan fingerprint density at radius 1 is 1.11 bits per heavy atom. The number of ether oxygens (including phenoxy) is 2. The molecule has 196 valence electrons. The standard InChI is InChI=1S/C26H35N3O6S/c1-28(36(3,32)33)19-25(30)29(18-21-11-13-22(34-2)14-12-21)24(16-20-8-5-4-6-9-20)26(31)27-17-23-10-7-15-35-23/h4-6,8-9,11-14,23-24H,7,10,15-19H2,1-3H3,(H,27,31)/t23-,24-/m0/s1. The Bertz CT molecular complexity index is 1100. The highest BCUT2D eigenvalue weighted by molar-refractivity contribution is 7.88. The fraction of sp³-hybridized carbons (Fsp3) is 0.462. The van der Waals surface area contributed by atoms with Crippen molar-refractivity contribution in [1.82, 2.24) is 14.5 Å². The third kappa shape index (κ3) is 8.04. The van der Waals surface area contributed by atoms with Crippen molar-refractivity contribution in [2.75, 3.05) is 40.1 Å². The Hall–Kier alpha value is -2.95. The molecule has 0 aliphatic carbocycles. The first-order valence-electron chi connectivity index (χ1n) is 11.9. The monoisotopic (exact) mass is 517 g/mol. The van der Waals surface area contributed by atoms with E-state index >= 15 is 0 Å². The third-order valence-electron chi connectivity index (χ3n) is 6.24. The molecule has 1 aliphatic heterocycles. The largest absolute Gasteiger partial charge is 0.497 e. The minimum absolute atomic E-state index is 0.0477. The molecule has 0 saturated carbocycles. The highest BCUT2D eigenvalue weighted by atomic mass is 32.2. The molecule has 36 heavy (non-hydrogen) atoms. The lowest BCUT2D eigenvalue weighted by Gasteiger charge is -2.32. The first kappa shape index (κ1) is 27.6. The number of hydrogen-bond donors (Lipinski definition) is 1. The summed E-state index contributed by atoms with van der Waals surface area (Å²) in [6.07, 6.45) is 3.10. The lowest BCUT2D eigenvalue weighted by molar-refractivity contribution is -0.141. The molecular formula is C26H35N3O6S. The van der Waals surface area contributed by atoms with E-state index in [1.165, 1.54) is 11.9 Å². The van der Waals surface area contributed by atoms with Gasteiger partial charge in [0.15, 0.2) is 0 Å². The van der Waals surface area contributed by atoms with Crippen LogP contribution in [0.4, 0.5) is 0 Å². The van der Waals surface area contributed by atoms with E-state index in [4.69, 9.17) is 9.47 Å². The number of carbonyl (C=O) groups excluding carboxylic acids is 2. The summed E-state index contributed by atoms with van der Waals surface area (Å²) >= 11 is 0. The van der Waals surface area contributed by atoms with Crippen LogP contribution in [0.2, 0.25) is 0 Å². The Balaban J connectivity index is 1.91. The average Bonchev–Trinajstić information content (AvgIpc) is 3.39. The van der Waals surface area contributed by atoms with Gasteiger partial charge in [0, 0.05) is 33.2 Å². The number of sulfonamides is 1. The van der Waals surface area contributed by atoms with Crippen LogP contribution in [-0.2, 0) is 37.3 Å². The van der Waals surface area contributed by atoms with Crippen molar-refractivity contribution in [3.05, 3.63) is 65.7 Å². The van der Waals surface area contributed by atoms with Gasteiger partial charge in [0.25, 0.3) is 0 Å². The summed E-state index contributed by atoms with van der Waals surface area (Å²) in [6, 6.07) is 15.8. The van der Waals surface area contributed by atoms with E-state index < -0.39 is 22.0 Å². The molecule has 2 atom stereocenters. The molecule has 10 heteroatoms. The quantitative estimate of drug-likeness (QED) is 0.461. The topological polar surface area (TPSA) is 105 Å². The van der Waals surface area contributed by atoms with Crippen LogP contribution in [0.3, 0.4) is 0 Å². The second-order valence-electron chi connectivity index (χ2n) is 8.97. The summed E-state index contributed by atoms with van der Waals surface area (Å²) in [5, 5.41) is 2.96. The van der Waals surface area contributed by atoms with E-state index in [1.54, 1.807) is 19.2 Å². The highest BCUT2D eigenvalue weighted by Gasteiger charge is 2.32. The Labute approximate surface area is 213 Å². The van der Waals surface area contributed by atoms with E-state index in [-0.39, 0.29) is 31.5 Å². The van der Waals surface area contributed by atoms with Gasteiger partial charge < -0.3 is 19.7 Å². The molecular weight excluding hydrogens is 482 g/mol. The molecule has 1 aliphatic rings. The summed E-state index contributed by atoms with van der Waals surface area (Å²) in [6.45, 7) is 0.788. The smallest absolute Gasteiger partial charge is 0.243 e. The zero-order valence-electron chi connectivity index (χ0n) is 21.1. The minimum Gasteiger partial charge on any atom is -0.497 e. The van der Waals surface area contributed by atoms with Crippen LogP contribution in [0, 0.1) is 0 Å². The van der Waals surface area contributed by atoms with Crippen LogP contribution in [0.15, 0.2) is 54.6 Å². The van der Waals surface area contributed by atoms with E-state index in [0.717, 1.165) is 34.5 Å². The summed E-state index contributed by atoms with van der Waals surface area (Å²) in [5.41, 5.74) is 1.68. The molecule has 2 amide bonds. The summed E-state index contributed by atoms with van der Waals surface area (Å²) in [4.78, 5) is 28.5. The number of carbonyl (C=O) groups is 2. The fourth-order valence-corrected chi connectivity index (χ4v) is 4.36. The van der Waals surface area contributed by atoms with Crippen LogP contribution in [0.25, 0.3) is 0 Å². The van der Waals surface area contributed by atoms with E-state index in [9.17, 15) is 18.0 Å². The van der Waals surface area contributed by atoms with Gasteiger partial charge in [0.2, 0.25) is 21.8 Å². The lowest BCUT2D eigenvalue weighted by Crippen LogP contribution is -2.53. The number of likely N-dealkylation sites (N-methyl/N-ethyl adjacent to an activating group) is 1. The molecule has 0 radical (unpaired) electrons. The summed E-state index contributed by atoms with van der Waals surface area (Å²) < 4.78 is 35.9. The highest BCUT2D eigenvalue weighted by Crippen LogP contribution is 2.18. The normalized spacial score (nSPS) is 16.5. The lowest BCUT2D eigenvalue weighted by atomic mass is 10.0. The van der Waals surface area contributed by atoms with Gasteiger partial charge in [-0.25, -0.2) is 8.42 Å². The van der Waals surface area contributed by atoms with Crippen LogP contribution in [-0.4, -0.2) is 81.7 Å². The van der Waals surface area contributed by atoms with Gasteiger partial charge in [-0.15, -0.1) is 0 Å². The molecule has 1 N–H and O–H groups in total. The fourth-order valence-electron chi connectivity index (χ4n) is 4.02. The Morgan fingerprint density at radius 3 is 2.39 bits per heavy atom. The Morgan fingerprint density at radius 2 is 1.81 bits per heavy atom. The predicted octanol–water partition coefficient (Wildman–Crippen LogP) is 1.82. The van der Waals surface area contributed by atoms with Gasteiger partial charge in [-0.2, -0.15) is 4.31 Å². The van der Waals surface area contributed by atoms with E-state index in [2.05, 4.69) is 5.32 Å². The minimum atomic E-state index is -3.59. The number of nitrogens with one attached hydrogen (secondary N) is 1. The maximum atomic E-state index is 13.5. The maximum absolute atomic E-state index is 13.5. The molecule has 9 nitrogen and oxygen atoms in total. The van der Waals surface area contributed by atoms with Gasteiger partial charge in [-0.1, -0.05) is 42.5 Å². The van der Waals surface area contributed by atoms with E-state index in [0.29, 0.717) is 18.9 Å². The average molecular weight is 518 g/mol. The number of amides is 2. The zero-order chi connectivity index (χ0) is 26.1. The van der Waals surface area contributed by atoms with Crippen molar-refractivity contribution in [3.63, 3.8) is 0 Å². The van der Waals surface area contributed by atoms with Crippen molar-refractivity contribution >= 4 is 21.8 Å². The van der Waals surface area contributed by atoms with Crippen LogP contribution in [0.5, 0.6) is 5.75 Å². The predicted molar refractivity (Wildman–Crippen MR) is 137 cm³/mol. The number of benzene rings is 2. The summed E-state index contributed by atoms with van der Waals surface area (Å²) in [5.74, 6) is -0.103. The molecule has 1 saturated heterocycles. The molecule has 0 aromatic heterocycles. The van der Waals surface area contributed by atoms with Gasteiger partial charge in [-0.3, -0.25) is 9.59 Å². The zero-order valence-corrected chi connectivity index (χ0v) is 21.9. The van der Waals surface area contributed by atoms with Crippen LogP contribution in [0.1, 0.15) is 24.0 Å². The molecule has 1 heterocycles. The molecule has 2 aromatic carbocycles. The van der Waals surface area contributed by atoms with Crippen LogP contribution >= 0.6 is 0 Å². The van der Waals surface area contributed by atoms with Crippen molar-refractivity contribution in [2.45, 2.75) is 38.0 Å². The molecule has 0 unspecified atom stereocenters. The van der Waals surface area contributed by atoms with Gasteiger partial charge in [0.05, 0.1) is 26.0 Å². The SMILES string of the molecule is COc1ccc(CN(C(=O)CN(C)S(C)(=O)=O)[C@@H](Cc2ccccc2)C(=O)NC[C@@H]2CCCO2)cc1. The number of hydrogen-bond acceptors (Lipinski definition) is 6. The maximum Gasteiger partial charge on any atom is 0.243 e. The van der Waals surface area contributed by atoms with Gasteiger partial charge >= 0.3 is 0 Å². The van der Waals surface area contributed by atoms with Crippen molar-refractivity contribution < 1.29 is 27.5 Å². The molecule has 0 bridgehead atoms. The number of methoxy groups -OCH3 is 1. The second kappa shape index (κ2) is 12.8. The third-order valence-corrected chi connectivity index (χ3v) is 7.50. The molecule has 3 rings (SSSR count). The first-order chi connectivity index (χ1) is 17.2. The van der Waals surface area contributed by atoms with Crippen molar-refractivity contribution in [2.24, 2.45) is 0 Å². The second-order valence-corrected chi connectivity index (χ2v) is 11.1. The molecule has 2 aromatic rings. The van der Waals surface area contributed by atoms with Gasteiger partial charge in [-0.05, 0) is 36.1 Å². The Kier molecular flexibility index (Phi) is 9.86. The van der Waals surface area contributed by atoms with Crippen LogP contribution < -0.4 is 10.1 Å². The first-order valence-corrected chi connectivity index (χ1v) is 13.8. The number of rotatable bonds is 12. The van der Waals surface area contributed by atoms with Crippen molar-refractivity contribution in [1.29, 1.82) is 0 Å². The van der Waals surface area contributed by atoms with Crippen molar-refractivity contribution in [3.8, 4) is 5.75 Å². The molecule has 0 spiro atoms. The van der Waals surface area contributed by atoms with E-state index in [1.807, 2.05) is 42.5 Å². The van der Waals surface area contributed by atoms with Gasteiger partial charge in [0.1, 0.15) is 11.8 Å². The number of nitrogens with zero attached hydrogens (tertiary/aromatic N) is 2. The summed E-state index contributed by atoms with van der Waals surface area (Å²) in [7, 11) is -0.668.